The zero-order valence-electron chi connectivity index (χ0n) is 10.2. The number of hydrogen-bond acceptors (Lipinski definition) is 4. The Hall–Kier alpha value is -0.717. The van der Waals surface area contributed by atoms with Crippen LogP contribution in [0.3, 0.4) is 0 Å². The Morgan fingerprint density at radius 2 is 1.72 bits per heavy atom. The number of benzene rings is 1. The average Bonchev–Trinajstić information content (AvgIpc) is 2.17. The first kappa shape index (κ1) is 19.6. The van der Waals surface area contributed by atoms with Crippen molar-refractivity contribution in [1.82, 2.24) is 0 Å². The number of carbonyl (C=O) groups is 1. The van der Waals surface area contributed by atoms with Gasteiger partial charge in [0.15, 0.2) is 0 Å². The minimum absolute atomic E-state index is 0. The van der Waals surface area contributed by atoms with Crippen LogP contribution >= 0.6 is 0 Å². The number of sulfonamides is 1. The topological polar surface area (TPSA) is 123 Å². The van der Waals surface area contributed by atoms with Gasteiger partial charge in [0.1, 0.15) is 0 Å². The van der Waals surface area contributed by atoms with Crippen molar-refractivity contribution in [3.05, 3.63) is 24.3 Å². The van der Waals surface area contributed by atoms with Gasteiger partial charge in [-0.2, -0.15) is 0 Å². The Morgan fingerprint density at radius 3 is 1.94 bits per heavy atom. The standard InChI is InChI=1S/C6H8N2O2S.C4H8O2.Bi.3H/c7-5-1-3-6(4-2-5)11(8,9)10;1-2-3-4(5)6;;;;/h1-4H,7H2,(H2,8,9,10);2-3H2,1H3,(H,5,6);;;;. The van der Waals surface area contributed by atoms with E-state index in [-0.39, 0.29) is 31.1 Å². The first-order chi connectivity index (χ1) is 7.77. The first-order valence-corrected chi connectivity index (χ1v) is 6.42. The summed E-state index contributed by atoms with van der Waals surface area (Å²) in [6.45, 7) is 1.84. The van der Waals surface area contributed by atoms with Crippen molar-refractivity contribution >= 4 is 47.9 Å². The predicted octanol–water partition coefficient (Wildman–Crippen LogP) is -0.397. The van der Waals surface area contributed by atoms with Gasteiger partial charge < -0.3 is 10.8 Å². The third-order valence-corrected chi connectivity index (χ3v) is 2.60. The van der Waals surface area contributed by atoms with E-state index in [2.05, 4.69) is 0 Å². The molecular weight excluding hydrogens is 453 g/mol. The molecule has 1 aromatic rings. The van der Waals surface area contributed by atoms with E-state index in [0.29, 0.717) is 12.1 Å². The Morgan fingerprint density at radius 1 is 1.28 bits per heavy atom. The van der Waals surface area contributed by atoms with Gasteiger partial charge in [-0.15, -0.1) is 0 Å². The molecule has 0 saturated carbocycles. The van der Waals surface area contributed by atoms with Gasteiger partial charge in [0.2, 0.25) is 10.0 Å². The van der Waals surface area contributed by atoms with Crippen LogP contribution in [-0.2, 0) is 14.8 Å². The molecule has 0 aromatic heterocycles. The van der Waals surface area contributed by atoms with Crippen LogP contribution in [-0.4, -0.2) is 45.7 Å². The molecule has 0 atom stereocenters. The van der Waals surface area contributed by atoms with E-state index in [9.17, 15) is 13.2 Å². The van der Waals surface area contributed by atoms with Crippen molar-refractivity contribution in [2.75, 3.05) is 5.73 Å². The predicted molar refractivity (Wildman–Crippen MR) is 74.7 cm³/mol. The molecule has 6 nitrogen and oxygen atoms in total. The first-order valence-electron chi connectivity index (χ1n) is 4.87. The van der Waals surface area contributed by atoms with Crippen molar-refractivity contribution in [2.24, 2.45) is 5.14 Å². The number of hydrogen-bond donors (Lipinski definition) is 3. The van der Waals surface area contributed by atoms with Crippen LogP contribution in [0, 0.1) is 0 Å². The third-order valence-electron chi connectivity index (χ3n) is 1.67. The average molecular weight is 472 g/mol. The van der Waals surface area contributed by atoms with Crippen molar-refractivity contribution < 1.29 is 18.3 Å². The number of nitrogen functional groups attached to an aromatic ring is 1. The van der Waals surface area contributed by atoms with Crippen molar-refractivity contribution in [2.45, 2.75) is 24.7 Å². The molecule has 0 aliphatic rings. The quantitative estimate of drug-likeness (QED) is 0.408. The van der Waals surface area contributed by atoms with E-state index in [1.165, 1.54) is 24.3 Å². The second-order valence-corrected chi connectivity index (χ2v) is 4.82. The number of nitrogens with two attached hydrogens (primary N) is 2. The van der Waals surface area contributed by atoms with Crippen LogP contribution in [0.25, 0.3) is 0 Å². The maximum atomic E-state index is 10.7. The SMILES string of the molecule is CCCC(=O)O.Nc1ccc(S(N)(=O)=O)cc1.[BiH3]. The van der Waals surface area contributed by atoms with Gasteiger partial charge in [-0.25, -0.2) is 13.6 Å². The molecule has 0 bridgehead atoms. The van der Waals surface area contributed by atoms with Gasteiger partial charge >= 0.3 is 32.2 Å². The molecule has 0 amide bonds. The monoisotopic (exact) mass is 472 g/mol. The van der Waals surface area contributed by atoms with Crippen LogP contribution in [0.1, 0.15) is 19.8 Å². The zero-order chi connectivity index (χ0) is 13.5. The molecule has 0 unspecified atom stereocenters. The van der Waals surface area contributed by atoms with E-state index >= 15 is 0 Å². The van der Waals surface area contributed by atoms with Crippen LogP contribution in [0.4, 0.5) is 5.69 Å². The van der Waals surface area contributed by atoms with Crippen molar-refractivity contribution in [3.63, 3.8) is 0 Å². The fraction of sp³-hybridized carbons (Fsp3) is 0.300. The summed E-state index contributed by atoms with van der Waals surface area (Å²) in [5.74, 6) is -0.711. The summed E-state index contributed by atoms with van der Waals surface area (Å²) in [4.78, 5) is 9.67. The number of rotatable bonds is 3. The van der Waals surface area contributed by atoms with E-state index in [1.54, 1.807) is 0 Å². The summed E-state index contributed by atoms with van der Waals surface area (Å²) in [7, 11) is -3.58. The van der Waals surface area contributed by atoms with Gasteiger partial charge in [-0.3, -0.25) is 4.79 Å². The number of carboxylic acid groups (broad SMARTS) is 1. The molecular formula is C10H19BiN2O4S. The molecule has 0 radical (unpaired) electrons. The van der Waals surface area contributed by atoms with Crippen molar-refractivity contribution in [3.8, 4) is 0 Å². The molecule has 0 aliphatic heterocycles. The summed E-state index contributed by atoms with van der Waals surface area (Å²) in [5.41, 5.74) is 5.85. The fourth-order valence-electron chi connectivity index (χ4n) is 0.871. The number of primary sulfonamides is 1. The second-order valence-electron chi connectivity index (χ2n) is 3.26. The molecule has 8 heteroatoms. The molecule has 18 heavy (non-hydrogen) atoms. The van der Waals surface area contributed by atoms with E-state index in [0.717, 1.165) is 6.42 Å². The number of aliphatic carboxylic acids is 1. The van der Waals surface area contributed by atoms with Crippen LogP contribution in [0.15, 0.2) is 29.2 Å². The Balaban J connectivity index is 0. The third kappa shape index (κ3) is 9.33. The Kier molecular flexibility index (Phi) is 10.1. The molecule has 1 aromatic carbocycles. The summed E-state index contributed by atoms with van der Waals surface area (Å²) < 4.78 is 21.4. The molecule has 104 valence electrons. The molecule has 0 heterocycles. The summed E-state index contributed by atoms with van der Waals surface area (Å²) in [6, 6.07) is 5.70. The molecule has 1 rings (SSSR count). The van der Waals surface area contributed by atoms with E-state index < -0.39 is 16.0 Å². The van der Waals surface area contributed by atoms with Crippen LogP contribution in [0.5, 0.6) is 0 Å². The minimum atomic E-state index is -3.58. The van der Waals surface area contributed by atoms with Gasteiger partial charge in [0, 0.05) is 12.1 Å². The molecule has 0 aliphatic carbocycles. The molecule has 0 saturated heterocycles. The molecule has 0 spiro atoms. The molecule has 0 fully saturated rings. The Bertz CT molecular complexity index is 459. The van der Waals surface area contributed by atoms with Gasteiger partial charge in [-0.1, -0.05) is 6.92 Å². The Labute approximate surface area is 126 Å². The van der Waals surface area contributed by atoms with Gasteiger partial charge in [0.05, 0.1) is 4.90 Å². The van der Waals surface area contributed by atoms with E-state index in [1.807, 2.05) is 6.92 Å². The molecule has 5 N–H and O–H groups in total. The zero-order valence-corrected chi connectivity index (χ0v) is 16.5. The summed E-state index contributed by atoms with van der Waals surface area (Å²) in [5, 5.41) is 12.8. The second kappa shape index (κ2) is 9.24. The maximum absolute atomic E-state index is 10.7. The summed E-state index contributed by atoms with van der Waals surface area (Å²) in [6.07, 6.45) is 1.02. The van der Waals surface area contributed by atoms with Gasteiger partial charge in [-0.05, 0) is 30.7 Å². The number of carboxylic acids is 1. The van der Waals surface area contributed by atoms with Gasteiger partial charge in [0.25, 0.3) is 0 Å². The van der Waals surface area contributed by atoms with Crippen molar-refractivity contribution in [1.29, 1.82) is 0 Å². The number of anilines is 1. The summed E-state index contributed by atoms with van der Waals surface area (Å²) >= 11 is 0. The van der Waals surface area contributed by atoms with Crippen LogP contribution < -0.4 is 10.9 Å². The normalized spacial score (nSPS) is 9.67. The fourth-order valence-corrected chi connectivity index (χ4v) is 1.39. The van der Waals surface area contributed by atoms with E-state index in [4.69, 9.17) is 16.0 Å². The van der Waals surface area contributed by atoms with Crippen LogP contribution in [0.2, 0.25) is 0 Å².